The third-order valence-corrected chi connectivity index (χ3v) is 6.34. The van der Waals surface area contributed by atoms with E-state index in [4.69, 9.17) is 9.47 Å². The monoisotopic (exact) mass is 361 g/mol. The molecular formula is C19H23NO4S. The van der Waals surface area contributed by atoms with E-state index in [1.54, 1.807) is 12.1 Å². The predicted molar refractivity (Wildman–Crippen MR) is 96.3 cm³/mol. The molecule has 0 radical (unpaired) electrons. The van der Waals surface area contributed by atoms with Crippen molar-refractivity contribution < 1.29 is 17.9 Å². The van der Waals surface area contributed by atoms with Crippen LogP contribution in [0.1, 0.15) is 24.2 Å². The van der Waals surface area contributed by atoms with Gasteiger partial charge in [0, 0.05) is 13.1 Å². The van der Waals surface area contributed by atoms with Crippen molar-refractivity contribution in [1.82, 2.24) is 4.31 Å². The summed E-state index contributed by atoms with van der Waals surface area (Å²) in [6, 6.07) is 15.0. The molecule has 0 unspecified atom stereocenters. The normalized spacial score (nSPS) is 18.9. The zero-order valence-electron chi connectivity index (χ0n) is 14.5. The minimum atomic E-state index is -3.65. The van der Waals surface area contributed by atoms with Gasteiger partial charge in [-0.2, -0.15) is 4.31 Å². The summed E-state index contributed by atoms with van der Waals surface area (Å²) in [6.45, 7) is 3.00. The van der Waals surface area contributed by atoms with Gasteiger partial charge in [-0.05, 0) is 29.7 Å². The second-order valence-corrected chi connectivity index (χ2v) is 7.88. The van der Waals surface area contributed by atoms with Crippen molar-refractivity contribution in [3.63, 3.8) is 0 Å². The van der Waals surface area contributed by atoms with Crippen molar-refractivity contribution in [3.05, 3.63) is 59.7 Å². The van der Waals surface area contributed by atoms with Crippen molar-refractivity contribution in [2.24, 2.45) is 0 Å². The molecular weight excluding hydrogens is 338 g/mol. The van der Waals surface area contributed by atoms with Crippen LogP contribution in [-0.2, 0) is 21.2 Å². The van der Waals surface area contributed by atoms with E-state index in [9.17, 15) is 8.42 Å². The van der Waals surface area contributed by atoms with E-state index in [1.807, 2.05) is 43.3 Å². The maximum absolute atomic E-state index is 13.2. The number of aryl methyl sites for hydroxylation is 1. The molecule has 1 fully saturated rings. The average molecular weight is 361 g/mol. The number of benzene rings is 2. The zero-order valence-corrected chi connectivity index (χ0v) is 15.3. The van der Waals surface area contributed by atoms with Crippen LogP contribution >= 0.6 is 0 Å². The topological polar surface area (TPSA) is 55.8 Å². The molecule has 6 heteroatoms. The molecule has 1 aliphatic rings. The number of rotatable bonds is 5. The molecule has 2 aromatic rings. The maximum atomic E-state index is 13.2. The number of hydrogen-bond acceptors (Lipinski definition) is 4. The fraction of sp³-hybridized carbons (Fsp3) is 0.368. The number of methoxy groups -OCH3 is 1. The second kappa shape index (κ2) is 7.56. The van der Waals surface area contributed by atoms with Crippen LogP contribution in [0.15, 0.2) is 53.4 Å². The van der Waals surface area contributed by atoms with Crippen molar-refractivity contribution in [3.8, 4) is 5.75 Å². The van der Waals surface area contributed by atoms with Gasteiger partial charge in [0.05, 0.1) is 19.8 Å². The fourth-order valence-corrected chi connectivity index (χ4v) is 4.63. The van der Waals surface area contributed by atoms with Gasteiger partial charge < -0.3 is 9.47 Å². The summed E-state index contributed by atoms with van der Waals surface area (Å²) < 4.78 is 39.0. The molecule has 0 aromatic heterocycles. The van der Waals surface area contributed by atoms with Gasteiger partial charge >= 0.3 is 0 Å². The van der Waals surface area contributed by atoms with E-state index < -0.39 is 10.0 Å². The Balaban J connectivity index is 1.92. The van der Waals surface area contributed by atoms with Gasteiger partial charge in [0.2, 0.25) is 10.0 Å². The summed E-state index contributed by atoms with van der Waals surface area (Å²) in [7, 11) is -2.16. The molecule has 0 N–H and O–H groups in total. The summed E-state index contributed by atoms with van der Waals surface area (Å²) in [6.07, 6.45) is 0.507. The maximum Gasteiger partial charge on any atom is 0.246 e. The Morgan fingerprint density at radius 1 is 1.20 bits per heavy atom. The van der Waals surface area contributed by atoms with E-state index in [0.717, 1.165) is 17.5 Å². The van der Waals surface area contributed by atoms with Crippen molar-refractivity contribution >= 4 is 10.0 Å². The SMILES string of the molecule is CCc1ccc(OC)c(S(=O)(=O)N2CCO[C@@H](c3ccccc3)C2)c1. The van der Waals surface area contributed by atoms with Crippen LogP contribution in [0.4, 0.5) is 0 Å². The van der Waals surface area contributed by atoms with Crippen LogP contribution in [0.3, 0.4) is 0 Å². The molecule has 0 saturated carbocycles. The third-order valence-electron chi connectivity index (χ3n) is 4.45. The Hall–Kier alpha value is -1.89. The van der Waals surface area contributed by atoms with E-state index >= 15 is 0 Å². The molecule has 2 aromatic carbocycles. The van der Waals surface area contributed by atoms with Gasteiger partial charge in [-0.15, -0.1) is 0 Å². The molecule has 0 aliphatic carbocycles. The highest BCUT2D eigenvalue weighted by Gasteiger charge is 2.33. The average Bonchev–Trinajstić information content (AvgIpc) is 2.68. The Labute approximate surface area is 149 Å². The summed E-state index contributed by atoms with van der Waals surface area (Å²) in [5.41, 5.74) is 1.95. The number of sulfonamides is 1. The van der Waals surface area contributed by atoms with Gasteiger partial charge in [-0.3, -0.25) is 0 Å². The van der Waals surface area contributed by atoms with Gasteiger partial charge in [-0.25, -0.2) is 8.42 Å². The third kappa shape index (κ3) is 3.71. The second-order valence-electron chi connectivity index (χ2n) is 5.97. The Kier molecular flexibility index (Phi) is 5.42. The fourth-order valence-electron chi connectivity index (χ4n) is 3.00. The Morgan fingerprint density at radius 2 is 1.96 bits per heavy atom. The lowest BCUT2D eigenvalue weighted by Crippen LogP contribution is -2.42. The molecule has 5 nitrogen and oxygen atoms in total. The molecule has 1 saturated heterocycles. The van der Waals surface area contributed by atoms with E-state index in [2.05, 4.69) is 0 Å². The van der Waals surface area contributed by atoms with Crippen LogP contribution in [0.25, 0.3) is 0 Å². The van der Waals surface area contributed by atoms with Gasteiger partial charge in [0.15, 0.2) is 0 Å². The van der Waals surface area contributed by atoms with E-state index in [-0.39, 0.29) is 11.0 Å². The molecule has 1 atom stereocenters. The largest absolute Gasteiger partial charge is 0.495 e. The first-order valence-corrected chi connectivity index (χ1v) is 9.84. The molecule has 1 heterocycles. The highest BCUT2D eigenvalue weighted by atomic mass is 32.2. The minimum Gasteiger partial charge on any atom is -0.495 e. The standard InChI is InChI=1S/C19H23NO4S/c1-3-15-9-10-17(23-2)19(13-15)25(21,22)20-11-12-24-18(14-20)16-7-5-4-6-8-16/h4-10,13,18H,3,11-12,14H2,1-2H3/t18-/m1/s1. The molecule has 0 spiro atoms. The molecule has 1 aliphatic heterocycles. The van der Waals surface area contributed by atoms with Crippen LogP contribution in [0.5, 0.6) is 5.75 Å². The van der Waals surface area contributed by atoms with E-state index in [0.29, 0.717) is 25.4 Å². The number of nitrogens with zero attached hydrogens (tertiary/aromatic N) is 1. The Bertz CT molecular complexity index is 821. The summed E-state index contributed by atoms with van der Waals surface area (Å²) in [4.78, 5) is 0.225. The lowest BCUT2D eigenvalue weighted by Gasteiger charge is -2.32. The lowest BCUT2D eigenvalue weighted by molar-refractivity contribution is -0.00259. The minimum absolute atomic E-state index is 0.225. The van der Waals surface area contributed by atoms with Crippen molar-refractivity contribution in [2.75, 3.05) is 26.8 Å². The smallest absolute Gasteiger partial charge is 0.246 e. The first kappa shape index (κ1) is 17.9. The van der Waals surface area contributed by atoms with Gasteiger partial charge in [0.25, 0.3) is 0 Å². The zero-order chi connectivity index (χ0) is 17.9. The van der Waals surface area contributed by atoms with Gasteiger partial charge in [0.1, 0.15) is 10.6 Å². The number of ether oxygens (including phenoxy) is 2. The van der Waals surface area contributed by atoms with Crippen LogP contribution in [0.2, 0.25) is 0 Å². The molecule has 0 amide bonds. The number of morpholine rings is 1. The molecule has 0 bridgehead atoms. The lowest BCUT2D eigenvalue weighted by atomic mass is 10.1. The molecule has 3 rings (SSSR count). The van der Waals surface area contributed by atoms with E-state index in [1.165, 1.54) is 11.4 Å². The first-order chi connectivity index (χ1) is 12.1. The van der Waals surface area contributed by atoms with Crippen LogP contribution in [-0.4, -0.2) is 39.5 Å². The van der Waals surface area contributed by atoms with Crippen LogP contribution < -0.4 is 4.74 Å². The van der Waals surface area contributed by atoms with Gasteiger partial charge in [-0.1, -0.05) is 43.3 Å². The number of hydrogen-bond donors (Lipinski definition) is 0. The molecule has 25 heavy (non-hydrogen) atoms. The highest BCUT2D eigenvalue weighted by Crippen LogP contribution is 2.31. The summed E-state index contributed by atoms with van der Waals surface area (Å²) in [5, 5.41) is 0. The Morgan fingerprint density at radius 3 is 2.64 bits per heavy atom. The first-order valence-electron chi connectivity index (χ1n) is 8.40. The quantitative estimate of drug-likeness (QED) is 0.821. The summed E-state index contributed by atoms with van der Waals surface area (Å²) in [5.74, 6) is 0.375. The summed E-state index contributed by atoms with van der Waals surface area (Å²) >= 11 is 0. The van der Waals surface area contributed by atoms with Crippen molar-refractivity contribution in [1.29, 1.82) is 0 Å². The predicted octanol–water partition coefficient (Wildman–Crippen LogP) is 3.02. The van der Waals surface area contributed by atoms with Crippen LogP contribution in [0, 0.1) is 0 Å². The van der Waals surface area contributed by atoms with Crippen molar-refractivity contribution in [2.45, 2.75) is 24.3 Å². The highest BCUT2D eigenvalue weighted by molar-refractivity contribution is 7.89. The molecule has 134 valence electrons.